The second-order valence-corrected chi connectivity index (χ2v) is 3.48. The number of hydrogen-bond donors (Lipinski definition) is 3. The Bertz CT molecular complexity index is 452. The summed E-state index contributed by atoms with van der Waals surface area (Å²) in [4.78, 5) is 18.3. The number of aromatic carboxylic acids is 1. The van der Waals surface area contributed by atoms with Gasteiger partial charge >= 0.3 is 5.97 Å². The van der Waals surface area contributed by atoms with E-state index in [9.17, 15) is 4.79 Å². The van der Waals surface area contributed by atoms with Gasteiger partial charge in [-0.2, -0.15) is 5.10 Å². The van der Waals surface area contributed by atoms with Crippen molar-refractivity contribution in [2.75, 3.05) is 5.32 Å². The predicted molar refractivity (Wildman–Crippen MR) is 52.8 cm³/mol. The molecule has 0 aromatic carbocycles. The average Bonchev–Trinajstić information content (AvgIpc) is 2.86. The van der Waals surface area contributed by atoms with Crippen LogP contribution in [0.25, 0.3) is 0 Å². The smallest absolute Gasteiger partial charge is 0.357 e. The number of carboxylic acids is 1. The van der Waals surface area contributed by atoms with E-state index in [-0.39, 0.29) is 5.69 Å². The molecule has 2 aromatic rings. The fourth-order valence-electron chi connectivity index (χ4n) is 1.00. The number of thiazole rings is 1. The lowest BCUT2D eigenvalue weighted by Gasteiger charge is -2.00. The third-order valence-corrected chi connectivity index (χ3v) is 2.44. The van der Waals surface area contributed by atoms with Crippen molar-refractivity contribution in [2.24, 2.45) is 0 Å². The Morgan fingerprint density at radius 3 is 3.13 bits per heavy atom. The van der Waals surface area contributed by atoms with Crippen LogP contribution in [0, 0.1) is 0 Å². The van der Waals surface area contributed by atoms with Crippen molar-refractivity contribution in [2.45, 2.75) is 6.54 Å². The molecule has 0 aliphatic heterocycles. The molecular weight excluding hydrogens is 218 g/mol. The molecule has 0 aliphatic rings. The van der Waals surface area contributed by atoms with Crippen LogP contribution in [-0.4, -0.2) is 31.2 Å². The molecule has 0 aliphatic carbocycles. The summed E-state index contributed by atoms with van der Waals surface area (Å²) in [5.41, 5.74) is 1.51. The first-order chi connectivity index (χ1) is 7.27. The van der Waals surface area contributed by atoms with Gasteiger partial charge in [-0.25, -0.2) is 14.8 Å². The van der Waals surface area contributed by atoms with Gasteiger partial charge in [0.1, 0.15) is 17.2 Å². The van der Waals surface area contributed by atoms with Crippen LogP contribution in [0.1, 0.15) is 16.3 Å². The van der Waals surface area contributed by atoms with Crippen molar-refractivity contribution in [3.8, 4) is 0 Å². The van der Waals surface area contributed by atoms with Crippen LogP contribution >= 0.6 is 11.3 Å². The van der Waals surface area contributed by atoms with Gasteiger partial charge in [-0.1, -0.05) is 0 Å². The lowest BCUT2D eigenvalue weighted by molar-refractivity contribution is 0.0692. The molecule has 7 nitrogen and oxygen atoms in total. The van der Waals surface area contributed by atoms with Crippen LogP contribution in [0.3, 0.4) is 0 Å². The fourth-order valence-corrected chi connectivity index (χ4v) is 1.67. The van der Waals surface area contributed by atoms with E-state index in [1.165, 1.54) is 23.2 Å². The van der Waals surface area contributed by atoms with Crippen LogP contribution in [0.2, 0.25) is 0 Å². The van der Waals surface area contributed by atoms with Crippen molar-refractivity contribution in [1.82, 2.24) is 20.2 Å². The molecule has 15 heavy (non-hydrogen) atoms. The van der Waals surface area contributed by atoms with Crippen LogP contribution in [0.15, 0.2) is 11.8 Å². The zero-order valence-corrected chi connectivity index (χ0v) is 8.28. The molecule has 8 heteroatoms. The van der Waals surface area contributed by atoms with Crippen LogP contribution < -0.4 is 5.32 Å². The minimum Gasteiger partial charge on any atom is -0.476 e. The molecule has 2 rings (SSSR count). The highest BCUT2D eigenvalue weighted by Crippen LogP contribution is 2.20. The lowest BCUT2D eigenvalue weighted by atomic mass is 10.4. The second-order valence-electron chi connectivity index (χ2n) is 2.62. The first-order valence-corrected chi connectivity index (χ1v) is 4.90. The van der Waals surface area contributed by atoms with Gasteiger partial charge in [-0.15, -0.1) is 11.3 Å². The second kappa shape index (κ2) is 4.05. The summed E-state index contributed by atoms with van der Waals surface area (Å²) >= 11 is 1.23. The molecule has 3 N–H and O–H groups in total. The summed E-state index contributed by atoms with van der Waals surface area (Å²) in [5.74, 6) is -0.406. The number of anilines is 1. The summed E-state index contributed by atoms with van der Waals surface area (Å²) in [6.07, 6.45) is 1.39. The van der Waals surface area contributed by atoms with Gasteiger partial charge in [-0.05, 0) is 0 Å². The Kier molecular flexibility index (Phi) is 2.59. The summed E-state index contributed by atoms with van der Waals surface area (Å²) in [6.45, 7) is 0.391. The zero-order chi connectivity index (χ0) is 10.7. The summed E-state index contributed by atoms with van der Waals surface area (Å²) < 4.78 is 0. The Balaban J connectivity index is 2.05. The fraction of sp³-hybridized carbons (Fsp3) is 0.143. The Labute approximate surface area is 88.2 Å². The van der Waals surface area contributed by atoms with Gasteiger partial charge in [0.15, 0.2) is 5.69 Å². The normalized spacial score (nSPS) is 10.1. The number of aromatic amines is 1. The molecule has 0 amide bonds. The maximum Gasteiger partial charge on any atom is 0.357 e. The first kappa shape index (κ1) is 9.59. The van der Waals surface area contributed by atoms with Crippen LogP contribution in [0.5, 0.6) is 0 Å². The number of H-pyrrole nitrogens is 1. The molecule has 2 heterocycles. The number of carboxylic acid groups (broad SMARTS) is 1. The highest BCUT2D eigenvalue weighted by molar-refractivity contribution is 7.14. The van der Waals surface area contributed by atoms with Crippen molar-refractivity contribution < 1.29 is 9.90 Å². The maximum atomic E-state index is 10.7. The van der Waals surface area contributed by atoms with Gasteiger partial charge in [-0.3, -0.25) is 5.10 Å². The number of carbonyl (C=O) groups is 1. The average molecular weight is 225 g/mol. The highest BCUT2D eigenvalue weighted by Gasteiger charge is 2.13. The van der Waals surface area contributed by atoms with Gasteiger partial charge in [0.25, 0.3) is 0 Å². The van der Waals surface area contributed by atoms with E-state index in [0.29, 0.717) is 17.4 Å². The molecule has 0 atom stereocenters. The monoisotopic (exact) mass is 225 g/mol. The number of rotatable bonds is 4. The Morgan fingerprint density at radius 1 is 1.60 bits per heavy atom. The molecule has 0 unspecified atom stereocenters. The molecule has 0 spiro atoms. The first-order valence-electron chi connectivity index (χ1n) is 4.02. The highest BCUT2D eigenvalue weighted by atomic mass is 32.1. The van der Waals surface area contributed by atoms with E-state index in [0.717, 1.165) is 0 Å². The molecule has 0 fully saturated rings. The standard InChI is InChI=1S/C7H7N5O2S/c13-7(14)5-6(15-3-10-5)8-1-4-9-2-11-12-4/h2-3,8H,1H2,(H,13,14)(H,9,11,12). The third kappa shape index (κ3) is 2.10. The van der Waals surface area contributed by atoms with Gasteiger partial charge in [0.2, 0.25) is 0 Å². The minimum absolute atomic E-state index is 0.0273. The van der Waals surface area contributed by atoms with Crippen molar-refractivity contribution in [1.29, 1.82) is 0 Å². The third-order valence-electron chi connectivity index (χ3n) is 1.65. The van der Waals surface area contributed by atoms with E-state index >= 15 is 0 Å². The molecule has 2 aromatic heterocycles. The number of hydrogen-bond acceptors (Lipinski definition) is 6. The van der Waals surface area contributed by atoms with E-state index in [2.05, 4.69) is 25.5 Å². The Morgan fingerprint density at radius 2 is 2.47 bits per heavy atom. The van der Waals surface area contributed by atoms with Crippen LogP contribution in [0.4, 0.5) is 5.00 Å². The van der Waals surface area contributed by atoms with E-state index in [4.69, 9.17) is 5.11 Å². The Hall–Kier alpha value is -1.96. The maximum absolute atomic E-state index is 10.7. The van der Waals surface area contributed by atoms with E-state index in [1.807, 2.05) is 0 Å². The molecule has 0 radical (unpaired) electrons. The lowest BCUT2D eigenvalue weighted by Crippen LogP contribution is -2.05. The molecule has 0 saturated heterocycles. The van der Waals surface area contributed by atoms with Crippen LogP contribution in [-0.2, 0) is 6.54 Å². The molecule has 78 valence electrons. The molecular formula is C7H7N5O2S. The topological polar surface area (TPSA) is 104 Å². The molecule has 0 bridgehead atoms. The summed E-state index contributed by atoms with van der Waals surface area (Å²) in [7, 11) is 0. The largest absolute Gasteiger partial charge is 0.476 e. The minimum atomic E-state index is -1.05. The van der Waals surface area contributed by atoms with Crippen molar-refractivity contribution in [3.63, 3.8) is 0 Å². The molecule has 0 saturated carbocycles. The SMILES string of the molecule is O=C(O)c1ncsc1NCc1ncn[nH]1. The van der Waals surface area contributed by atoms with Crippen molar-refractivity contribution >= 4 is 22.3 Å². The quantitative estimate of drug-likeness (QED) is 0.702. The number of nitrogens with one attached hydrogen (secondary N) is 2. The van der Waals surface area contributed by atoms with Crippen molar-refractivity contribution in [3.05, 3.63) is 23.4 Å². The number of aromatic nitrogens is 4. The van der Waals surface area contributed by atoms with E-state index in [1.54, 1.807) is 0 Å². The summed E-state index contributed by atoms with van der Waals surface area (Å²) in [5, 5.41) is 18.5. The summed E-state index contributed by atoms with van der Waals surface area (Å²) in [6, 6.07) is 0. The van der Waals surface area contributed by atoms with Gasteiger partial charge < -0.3 is 10.4 Å². The van der Waals surface area contributed by atoms with Gasteiger partial charge in [0, 0.05) is 0 Å². The van der Waals surface area contributed by atoms with E-state index < -0.39 is 5.97 Å². The number of nitrogens with zero attached hydrogens (tertiary/aromatic N) is 3. The van der Waals surface area contributed by atoms with Gasteiger partial charge in [0.05, 0.1) is 12.1 Å². The predicted octanol–water partition coefficient (Wildman–Crippen LogP) is 0.571. The zero-order valence-electron chi connectivity index (χ0n) is 7.47.